The van der Waals surface area contributed by atoms with Crippen molar-refractivity contribution in [3.8, 4) is 5.75 Å². The van der Waals surface area contributed by atoms with Gasteiger partial charge in [0.2, 0.25) is 0 Å². The monoisotopic (exact) mass is 260 g/mol. The summed E-state index contributed by atoms with van der Waals surface area (Å²) in [6, 6.07) is 7.38. The summed E-state index contributed by atoms with van der Waals surface area (Å²) in [4.78, 5) is 2.42. The second-order valence-electron chi connectivity index (χ2n) is 5.85. The number of hydrogen-bond donors (Lipinski definition) is 1. The summed E-state index contributed by atoms with van der Waals surface area (Å²) in [5, 5.41) is 3.62. The quantitative estimate of drug-likeness (QED) is 0.897. The number of piperazine rings is 1. The van der Waals surface area contributed by atoms with Gasteiger partial charge in [0.25, 0.3) is 0 Å². The summed E-state index contributed by atoms with van der Waals surface area (Å²) in [7, 11) is 2.21. The first-order valence-electron chi connectivity index (χ1n) is 7.48. The number of nitrogens with one attached hydrogen (secondary N) is 1. The van der Waals surface area contributed by atoms with Gasteiger partial charge in [0.15, 0.2) is 0 Å². The molecule has 0 amide bonds. The summed E-state index contributed by atoms with van der Waals surface area (Å²) in [6.45, 7) is 4.35. The number of benzene rings is 1. The first kappa shape index (κ1) is 12.9. The van der Waals surface area contributed by atoms with Gasteiger partial charge < -0.3 is 15.0 Å². The van der Waals surface area contributed by atoms with Crippen LogP contribution in [0.5, 0.6) is 5.75 Å². The maximum absolute atomic E-state index is 5.67. The SMILES string of the molecule is CN1CCNC(CCc2ccc3c(c2)CCCO3)C1. The number of fused-ring (bicyclic) bond motifs is 1. The van der Waals surface area contributed by atoms with Crippen LogP contribution >= 0.6 is 0 Å². The molecule has 0 aliphatic carbocycles. The molecular formula is C16H24N2O. The zero-order valence-electron chi connectivity index (χ0n) is 11.8. The van der Waals surface area contributed by atoms with E-state index in [4.69, 9.17) is 4.74 Å². The highest BCUT2D eigenvalue weighted by atomic mass is 16.5. The standard InChI is InChI=1S/C16H24N2O/c1-18-9-8-17-15(12-18)6-4-13-5-7-16-14(11-13)3-2-10-19-16/h5,7,11,15,17H,2-4,6,8-10,12H2,1H3. The van der Waals surface area contributed by atoms with Crippen molar-refractivity contribution in [2.75, 3.05) is 33.3 Å². The van der Waals surface area contributed by atoms with E-state index < -0.39 is 0 Å². The van der Waals surface area contributed by atoms with E-state index in [2.05, 4.69) is 35.5 Å². The number of likely N-dealkylation sites (N-methyl/N-ethyl adjacent to an activating group) is 1. The highest BCUT2D eigenvalue weighted by molar-refractivity contribution is 5.38. The minimum absolute atomic E-state index is 0.644. The molecule has 3 rings (SSSR count). The van der Waals surface area contributed by atoms with Crippen LogP contribution in [0.25, 0.3) is 0 Å². The van der Waals surface area contributed by atoms with Crippen molar-refractivity contribution >= 4 is 0 Å². The lowest BCUT2D eigenvalue weighted by Crippen LogP contribution is -2.49. The summed E-state index contributed by atoms with van der Waals surface area (Å²) < 4.78 is 5.67. The molecular weight excluding hydrogens is 236 g/mol. The van der Waals surface area contributed by atoms with Gasteiger partial charge in [-0.3, -0.25) is 0 Å². The van der Waals surface area contributed by atoms with Crippen LogP contribution < -0.4 is 10.1 Å². The predicted molar refractivity (Wildman–Crippen MR) is 77.9 cm³/mol. The molecule has 0 aromatic heterocycles. The average Bonchev–Trinajstić information content (AvgIpc) is 2.45. The van der Waals surface area contributed by atoms with Crippen molar-refractivity contribution in [3.63, 3.8) is 0 Å². The van der Waals surface area contributed by atoms with Gasteiger partial charge in [-0.25, -0.2) is 0 Å². The number of hydrogen-bond acceptors (Lipinski definition) is 3. The van der Waals surface area contributed by atoms with Gasteiger partial charge in [-0.05, 0) is 49.9 Å². The lowest BCUT2D eigenvalue weighted by Gasteiger charge is -2.31. The molecule has 2 aliphatic rings. The molecule has 3 nitrogen and oxygen atoms in total. The maximum Gasteiger partial charge on any atom is 0.122 e. The Morgan fingerprint density at radius 1 is 1.42 bits per heavy atom. The number of rotatable bonds is 3. The van der Waals surface area contributed by atoms with Gasteiger partial charge in [0.1, 0.15) is 5.75 Å². The molecule has 0 bridgehead atoms. The summed E-state index contributed by atoms with van der Waals surface area (Å²) in [5.74, 6) is 1.10. The normalized spacial score (nSPS) is 23.7. The van der Waals surface area contributed by atoms with Crippen LogP contribution in [0.2, 0.25) is 0 Å². The molecule has 1 aromatic rings. The molecule has 104 valence electrons. The average molecular weight is 260 g/mol. The third-order valence-electron chi connectivity index (χ3n) is 4.21. The Morgan fingerprint density at radius 3 is 3.26 bits per heavy atom. The second-order valence-corrected chi connectivity index (χ2v) is 5.85. The molecule has 2 heterocycles. The van der Waals surface area contributed by atoms with E-state index in [1.807, 2.05) is 0 Å². The predicted octanol–water partition coefficient (Wildman–Crippen LogP) is 1.85. The van der Waals surface area contributed by atoms with Crippen molar-refractivity contribution in [1.82, 2.24) is 10.2 Å². The van der Waals surface area contributed by atoms with Gasteiger partial charge in [0, 0.05) is 25.7 Å². The van der Waals surface area contributed by atoms with Gasteiger partial charge >= 0.3 is 0 Å². The molecule has 1 atom stereocenters. The number of ether oxygens (including phenoxy) is 1. The van der Waals surface area contributed by atoms with Gasteiger partial charge in [-0.15, -0.1) is 0 Å². The van der Waals surface area contributed by atoms with Gasteiger partial charge in [-0.2, -0.15) is 0 Å². The lowest BCUT2D eigenvalue weighted by atomic mass is 9.99. The summed E-state index contributed by atoms with van der Waals surface area (Å²) in [6.07, 6.45) is 4.72. The van der Waals surface area contributed by atoms with E-state index in [1.54, 1.807) is 0 Å². The van der Waals surface area contributed by atoms with Crippen molar-refractivity contribution in [3.05, 3.63) is 29.3 Å². The minimum atomic E-state index is 0.644. The Bertz CT molecular complexity index is 433. The highest BCUT2D eigenvalue weighted by Crippen LogP contribution is 2.26. The third-order valence-corrected chi connectivity index (χ3v) is 4.21. The minimum Gasteiger partial charge on any atom is -0.493 e. The van der Waals surface area contributed by atoms with E-state index >= 15 is 0 Å². The summed E-state index contributed by atoms with van der Waals surface area (Å²) in [5.41, 5.74) is 2.86. The van der Waals surface area contributed by atoms with Crippen molar-refractivity contribution in [1.29, 1.82) is 0 Å². The molecule has 0 radical (unpaired) electrons. The molecule has 1 fully saturated rings. The van der Waals surface area contributed by atoms with E-state index in [0.717, 1.165) is 25.3 Å². The number of aryl methyl sites for hydroxylation is 2. The molecule has 1 aromatic carbocycles. The molecule has 2 aliphatic heterocycles. The lowest BCUT2D eigenvalue weighted by molar-refractivity contribution is 0.232. The number of nitrogens with zero attached hydrogens (tertiary/aromatic N) is 1. The molecule has 3 heteroatoms. The fourth-order valence-electron chi connectivity index (χ4n) is 3.10. The fraction of sp³-hybridized carbons (Fsp3) is 0.625. The molecule has 0 saturated carbocycles. The summed E-state index contributed by atoms with van der Waals surface area (Å²) >= 11 is 0. The smallest absolute Gasteiger partial charge is 0.122 e. The van der Waals surface area contributed by atoms with E-state index in [9.17, 15) is 0 Å². The topological polar surface area (TPSA) is 24.5 Å². The van der Waals surface area contributed by atoms with Gasteiger partial charge in [-0.1, -0.05) is 12.1 Å². The first-order chi connectivity index (χ1) is 9.31. The molecule has 1 N–H and O–H groups in total. The van der Waals surface area contributed by atoms with Crippen LogP contribution in [0, 0.1) is 0 Å². The van der Waals surface area contributed by atoms with E-state index in [1.165, 1.54) is 43.5 Å². The van der Waals surface area contributed by atoms with Crippen LogP contribution in [0.1, 0.15) is 24.0 Å². The third kappa shape index (κ3) is 3.28. The van der Waals surface area contributed by atoms with Crippen molar-refractivity contribution < 1.29 is 4.74 Å². The Labute approximate surface area is 115 Å². The Balaban J connectivity index is 1.57. The van der Waals surface area contributed by atoms with Crippen molar-refractivity contribution in [2.24, 2.45) is 0 Å². The zero-order valence-corrected chi connectivity index (χ0v) is 11.8. The Morgan fingerprint density at radius 2 is 2.37 bits per heavy atom. The molecule has 1 unspecified atom stereocenters. The first-order valence-corrected chi connectivity index (χ1v) is 7.48. The fourth-order valence-corrected chi connectivity index (χ4v) is 3.10. The van der Waals surface area contributed by atoms with Crippen LogP contribution in [-0.4, -0.2) is 44.2 Å². The van der Waals surface area contributed by atoms with E-state index in [0.29, 0.717) is 6.04 Å². The Kier molecular flexibility index (Phi) is 4.04. The zero-order chi connectivity index (χ0) is 13.1. The largest absolute Gasteiger partial charge is 0.493 e. The van der Waals surface area contributed by atoms with Crippen molar-refractivity contribution in [2.45, 2.75) is 31.7 Å². The highest BCUT2D eigenvalue weighted by Gasteiger charge is 2.16. The van der Waals surface area contributed by atoms with Crippen LogP contribution in [-0.2, 0) is 12.8 Å². The van der Waals surface area contributed by atoms with Crippen LogP contribution in [0.3, 0.4) is 0 Å². The van der Waals surface area contributed by atoms with Gasteiger partial charge in [0.05, 0.1) is 6.61 Å². The van der Waals surface area contributed by atoms with Crippen LogP contribution in [0.15, 0.2) is 18.2 Å². The Hall–Kier alpha value is -1.06. The van der Waals surface area contributed by atoms with E-state index in [-0.39, 0.29) is 0 Å². The molecule has 0 spiro atoms. The second kappa shape index (κ2) is 5.93. The molecule has 19 heavy (non-hydrogen) atoms. The molecule has 1 saturated heterocycles. The van der Waals surface area contributed by atoms with Crippen LogP contribution in [0.4, 0.5) is 0 Å². The maximum atomic E-state index is 5.67.